The van der Waals surface area contributed by atoms with Gasteiger partial charge in [0.15, 0.2) is 0 Å². The lowest BCUT2D eigenvalue weighted by Gasteiger charge is -2.36. The predicted octanol–water partition coefficient (Wildman–Crippen LogP) is 1.67. The number of pyridine rings is 1. The van der Waals surface area contributed by atoms with E-state index < -0.39 is 0 Å². The highest BCUT2D eigenvalue weighted by Gasteiger charge is 2.33. The van der Waals surface area contributed by atoms with Gasteiger partial charge in [0.2, 0.25) is 11.8 Å². The summed E-state index contributed by atoms with van der Waals surface area (Å²) in [6, 6.07) is 1.52. The number of likely N-dealkylation sites (tertiary alicyclic amines) is 1. The number of aromatic nitrogens is 1. The van der Waals surface area contributed by atoms with Crippen molar-refractivity contribution in [2.24, 2.45) is 5.92 Å². The number of aryl methyl sites for hydroxylation is 1. The van der Waals surface area contributed by atoms with Crippen molar-refractivity contribution in [1.82, 2.24) is 15.2 Å². The molecule has 1 N–H and O–H groups in total. The van der Waals surface area contributed by atoms with Gasteiger partial charge in [-0.1, -0.05) is 6.92 Å². The summed E-state index contributed by atoms with van der Waals surface area (Å²) in [6.45, 7) is 5.35. The summed E-state index contributed by atoms with van der Waals surface area (Å²) in [5, 5.41) is 2.83. The minimum absolute atomic E-state index is 0.0153. The van der Waals surface area contributed by atoms with E-state index in [9.17, 15) is 9.59 Å². The molecule has 6 nitrogen and oxygen atoms in total. The van der Waals surface area contributed by atoms with Gasteiger partial charge in [0.05, 0.1) is 0 Å². The molecule has 2 amide bonds. The Morgan fingerprint density at radius 3 is 2.79 bits per heavy atom. The number of nitrogens with one attached hydrogen (secondary N) is 1. The number of hydrogen-bond donors (Lipinski definition) is 1. The number of rotatable bonds is 3. The second-order valence-corrected chi connectivity index (χ2v) is 6.95. The lowest BCUT2D eigenvalue weighted by molar-refractivity contribution is -0.140. The van der Waals surface area contributed by atoms with Crippen LogP contribution in [0.5, 0.6) is 5.75 Å². The van der Waals surface area contributed by atoms with Crippen molar-refractivity contribution >= 4 is 11.8 Å². The van der Waals surface area contributed by atoms with Crippen molar-refractivity contribution < 1.29 is 14.3 Å². The zero-order valence-electron chi connectivity index (χ0n) is 14.3. The normalized spacial score (nSPS) is 25.2. The Hall–Kier alpha value is -2.11. The van der Waals surface area contributed by atoms with Crippen LogP contribution < -0.4 is 10.1 Å². The second-order valence-electron chi connectivity index (χ2n) is 6.95. The minimum Gasteiger partial charge on any atom is -0.490 e. The summed E-state index contributed by atoms with van der Waals surface area (Å²) in [6.07, 6.45) is 6.51. The number of carbonyl (C=O) groups is 2. The fourth-order valence-electron chi connectivity index (χ4n) is 3.46. The number of hydrogen-bond acceptors (Lipinski definition) is 4. The lowest BCUT2D eigenvalue weighted by atomic mass is 9.92. The van der Waals surface area contributed by atoms with Crippen molar-refractivity contribution in [2.75, 3.05) is 13.1 Å². The molecule has 1 aromatic rings. The van der Waals surface area contributed by atoms with Gasteiger partial charge in [-0.3, -0.25) is 14.6 Å². The van der Waals surface area contributed by atoms with Crippen molar-refractivity contribution in [2.45, 2.75) is 51.7 Å². The molecule has 0 aliphatic carbocycles. The molecule has 2 saturated heterocycles. The van der Waals surface area contributed by atoms with Crippen LogP contribution >= 0.6 is 0 Å². The third-order valence-corrected chi connectivity index (χ3v) is 4.82. The molecule has 2 aliphatic rings. The van der Waals surface area contributed by atoms with E-state index in [1.54, 1.807) is 12.4 Å². The van der Waals surface area contributed by atoms with Gasteiger partial charge in [0.1, 0.15) is 17.9 Å². The number of nitrogens with zero attached hydrogens (tertiary/aromatic N) is 2. The van der Waals surface area contributed by atoms with Crippen LogP contribution in [0.15, 0.2) is 18.5 Å². The van der Waals surface area contributed by atoms with E-state index in [1.807, 2.05) is 24.8 Å². The molecule has 2 atom stereocenters. The molecular formula is C18H25N3O3. The van der Waals surface area contributed by atoms with Crippen molar-refractivity contribution in [1.29, 1.82) is 0 Å². The highest BCUT2D eigenvalue weighted by molar-refractivity contribution is 5.89. The molecule has 0 radical (unpaired) electrons. The minimum atomic E-state index is -0.360. The maximum absolute atomic E-state index is 12.6. The van der Waals surface area contributed by atoms with Gasteiger partial charge >= 0.3 is 0 Å². The van der Waals surface area contributed by atoms with E-state index in [1.165, 1.54) is 0 Å². The van der Waals surface area contributed by atoms with E-state index in [0.717, 1.165) is 30.6 Å². The molecule has 1 aromatic heterocycles. The van der Waals surface area contributed by atoms with Crippen LogP contribution in [0.1, 0.15) is 38.2 Å². The molecule has 0 unspecified atom stereocenters. The first-order valence-electron chi connectivity index (χ1n) is 8.68. The Morgan fingerprint density at radius 2 is 2.12 bits per heavy atom. The Kier molecular flexibility index (Phi) is 5.02. The predicted molar refractivity (Wildman–Crippen MR) is 89.5 cm³/mol. The highest BCUT2D eigenvalue weighted by Crippen LogP contribution is 2.23. The number of amides is 2. The van der Waals surface area contributed by atoms with E-state index in [-0.39, 0.29) is 29.9 Å². The zero-order valence-corrected chi connectivity index (χ0v) is 14.3. The Morgan fingerprint density at radius 1 is 1.38 bits per heavy atom. The average molecular weight is 331 g/mol. The summed E-state index contributed by atoms with van der Waals surface area (Å²) in [5.41, 5.74) is 1.02. The van der Waals surface area contributed by atoms with E-state index in [2.05, 4.69) is 10.3 Å². The van der Waals surface area contributed by atoms with Crippen LogP contribution in [-0.4, -0.2) is 46.9 Å². The molecule has 24 heavy (non-hydrogen) atoms. The van der Waals surface area contributed by atoms with Crippen molar-refractivity contribution in [3.63, 3.8) is 0 Å². The van der Waals surface area contributed by atoms with Crippen molar-refractivity contribution in [3.05, 3.63) is 24.0 Å². The first kappa shape index (κ1) is 16.7. The number of carbonyl (C=O) groups excluding carboxylic acids is 2. The maximum Gasteiger partial charge on any atom is 0.245 e. The number of ether oxygens (including phenoxy) is 1. The molecule has 2 fully saturated rings. The molecule has 0 spiro atoms. The topological polar surface area (TPSA) is 71.5 Å². The highest BCUT2D eigenvalue weighted by atomic mass is 16.5. The van der Waals surface area contributed by atoms with Crippen LogP contribution in [0.3, 0.4) is 0 Å². The summed E-state index contributed by atoms with van der Waals surface area (Å²) >= 11 is 0. The lowest BCUT2D eigenvalue weighted by Crippen LogP contribution is -2.54. The molecule has 0 saturated carbocycles. The quantitative estimate of drug-likeness (QED) is 0.915. The van der Waals surface area contributed by atoms with Gasteiger partial charge in [-0.15, -0.1) is 0 Å². The fourth-order valence-corrected chi connectivity index (χ4v) is 3.46. The summed E-state index contributed by atoms with van der Waals surface area (Å²) in [5.74, 6) is 1.17. The first-order chi connectivity index (χ1) is 11.5. The van der Waals surface area contributed by atoms with E-state index >= 15 is 0 Å². The SMILES string of the molecule is Cc1cnccc1OC1CCN(C(=O)[C@@H]2C[C@H](C)CC(=O)N2)CC1. The Bertz CT molecular complexity index is 611. The maximum atomic E-state index is 12.6. The third-order valence-electron chi connectivity index (χ3n) is 4.82. The van der Waals surface area contributed by atoms with Gasteiger partial charge in [0, 0.05) is 50.3 Å². The third kappa shape index (κ3) is 3.86. The Balaban J connectivity index is 1.52. The van der Waals surface area contributed by atoms with Gasteiger partial charge in [-0.05, 0) is 25.3 Å². The van der Waals surface area contributed by atoms with Crippen LogP contribution in [0, 0.1) is 12.8 Å². The Labute approximate surface area is 142 Å². The molecule has 3 rings (SSSR count). The van der Waals surface area contributed by atoms with Crippen LogP contribution in [-0.2, 0) is 9.59 Å². The van der Waals surface area contributed by atoms with Gasteiger partial charge in [-0.25, -0.2) is 0 Å². The molecule has 6 heteroatoms. The van der Waals surface area contributed by atoms with Gasteiger partial charge in [-0.2, -0.15) is 0 Å². The molecule has 0 aromatic carbocycles. The smallest absolute Gasteiger partial charge is 0.245 e. The van der Waals surface area contributed by atoms with Gasteiger partial charge in [0.25, 0.3) is 0 Å². The molecule has 130 valence electrons. The standard InChI is InChI=1S/C18H25N3O3/c1-12-9-15(20-17(22)10-12)18(23)21-7-4-14(5-8-21)24-16-3-6-19-11-13(16)2/h3,6,11-12,14-15H,4-5,7-10H2,1-2H3,(H,20,22)/t12-,15-/m0/s1. The average Bonchev–Trinajstić information content (AvgIpc) is 2.56. The zero-order chi connectivity index (χ0) is 17.1. The summed E-state index contributed by atoms with van der Waals surface area (Å²) in [7, 11) is 0. The van der Waals surface area contributed by atoms with Crippen LogP contribution in [0.2, 0.25) is 0 Å². The van der Waals surface area contributed by atoms with Crippen LogP contribution in [0.4, 0.5) is 0 Å². The monoisotopic (exact) mass is 331 g/mol. The molecule has 0 bridgehead atoms. The van der Waals surface area contributed by atoms with Crippen molar-refractivity contribution in [3.8, 4) is 5.75 Å². The summed E-state index contributed by atoms with van der Waals surface area (Å²) in [4.78, 5) is 30.2. The van der Waals surface area contributed by atoms with Crippen LogP contribution in [0.25, 0.3) is 0 Å². The molecule has 2 aliphatic heterocycles. The summed E-state index contributed by atoms with van der Waals surface area (Å²) < 4.78 is 6.05. The number of piperidine rings is 2. The first-order valence-corrected chi connectivity index (χ1v) is 8.68. The fraction of sp³-hybridized carbons (Fsp3) is 0.611. The largest absolute Gasteiger partial charge is 0.490 e. The van der Waals surface area contributed by atoms with E-state index in [4.69, 9.17) is 4.74 Å². The van der Waals surface area contributed by atoms with Gasteiger partial charge < -0.3 is 15.0 Å². The van der Waals surface area contributed by atoms with E-state index in [0.29, 0.717) is 19.5 Å². The molecule has 3 heterocycles. The molecular weight excluding hydrogens is 306 g/mol. The second kappa shape index (κ2) is 7.20.